The van der Waals surface area contributed by atoms with Gasteiger partial charge in [0, 0.05) is 48.7 Å². The Hall–Kier alpha value is -0.590. The Balaban J connectivity index is 2.27. The van der Waals surface area contributed by atoms with Crippen molar-refractivity contribution >= 4 is 15.9 Å². The molecule has 0 aliphatic carbocycles. The van der Waals surface area contributed by atoms with Crippen LogP contribution in [0.3, 0.4) is 0 Å². The predicted molar refractivity (Wildman–Crippen MR) is 71.9 cm³/mol. The first-order valence-electron chi connectivity index (χ1n) is 6.26. The van der Waals surface area contributed by atoms with Crippen molar-refractivity contribution in [1.82, 2.24) is 10.2 Å². The Morgan fingerprint density at radius 1 is 1.26 bits per heavy atom. The van der Waals surface area contributed by atoms with E-state index in [9.17, 15) is 13.2 Å². The average Bonchev–Trinajstić information content (AvgIpc) is 2.40. The Bertz CT molecular complexity index is 422. The Kier molecular flexibility index (Phi) is 5.24. The molecular weight excluding hydrogens is 321 g/mol. The number of rotatable bonds is 4. The van der Waals surface area contributed by atoms with Crippen molar-refractivity contribution in [1.29, 1.82) is 0 Å². The van der Waals surface area contributed by atoms with Gasteiger partial charge in [0.1, 0.15) is 5.82 Å². The number of benzene rings is 1. The summed E-state index contributed by atoms with van der Waals surface area (Å²) in [7, 11) is 0. The first-order chi connectivity index (χ1) is 9.08. The molecule has 0 spiro atoms. The van der Waals surface area contributed by atoms with E-state index in [1.54, 1.807) is 12.1 Å². The molecule has 0 unspecified atom stereocenters. The van der Waals surface area contributed by atoms with Crippen LogP contribution in [-0.4, -0.2) is 37.5 Å². The van der Waals surface area contributed by atoms with Gasteiger partial charge in [-0.15, -0.1) is 0 Å². The SMILES string of the molecule is Fc1ccc(Br)cc1[C@H](CC(F)F)N1CCNCC1. The monoisotopic (exact) mass is 336 g/mol. The van der Waals surface area contributed by atoms with E-state index in [1.807, 2.05) is 4.90 Å². The lowest BCUT2D eigenvalue weighted by Gasteiger charge is -2.35. The largest absolute Gasteiger partial charge is 0.314 e. The molecule has 1 aliphatic rings. The van der Waals surface area contributed by atoms with E-state index >= 15 is 0 Å². The Morgan fingerprint density at radius 2 is 1.95 bits per heavy atom. The van der Waals surface area contributed by atoms with Crippen LogP contribution in [0.2, 0.25) is 0 Å². The van der Waals surface area contributed by atoms with Gasteiger partial charge in [-0.1, -0.05) is 15.9 Å². The smallest absolute Gasteiger partial charge is 0.240 e. The van der Waals surface area contributed by atoms with Gasteiger partial charge in [0.25, 0.3) is 0 Å². The summed E-state index contributed by atoms with van der Waals surface area (Å²) < 4.78 is 40.2. The molecule has 1 heterocycles. The molecule has 1 aromatic rings. The fraction of sp³-hybridized carbons (Fsp3) is 0.538. The molecule has 0 aromatic heterocycles. The van der Waals surface area contributed by atoms with Crippen molar-refractivity contribution in [3.63, 3.8) is 0 Å². The van der Waals surface area contributed by atoms with E-state index in [2.05, 4.69) is 21.2 Å². The number of alkyl halides is 2. The third kappa shape index (κ3) is 3.94. The number of nitrogens with one attached hydrogen (secondary N) is 1. The number of hydrogen-bond acceptors (Lipinski definition) is 2. The highest BCUT2D eigenvalue weighted by Gasteiger charge is 2.27. The van der Waals surface area contributed by atoms with Crippen LogP contribution in [0.25, 0.3) is 0 Å². The van der Waals surface area contributed by atoms with E-state index in [1.165, 1.54) is 6.07 Å². The van der Waals surface area contributed by atoms with Crippen LogP contribution < -0.4 is 5.32 Å². The highest BCUT2D eigenvalue weighted by atomic mass is 79.9. The minimum atomic E-state index is -2.45. The average molecular weight is 337 g/mol. The molecule has 6 heteroatoms. The van der Waals surface area contributed by atoms with Gasteiger partial charge >= 0.3 is 0 Å². The summed E-state index contributed by atoms with van der Waals surface area (Å²) in [5.41, 5.74) is 0.344. The second kappa shape index (κ2) is 6.72. The van der Waals surface area contributed by atoms with Crippen LogP contribution in [0, 0.1) is 5.82 Å². The fourth-order valence-electron chi connectivity index (χ4n) is 2.41. The molecule has 2 rings (SSSR count). The molecule has 1 aromatic carbocycles. The van der Waals surface area contributed by atoms with E-state index in [0.717, 1.165) is 13.1 Å². The van der Waals surface area contributed by atoms with E-state index in [4.69, 9.17) is 0 Å². The van der Waals surface area contributed by atoms with Crippen molar-refractivity contribution in [2.75, 3.05) is 26.2 Å². The quantitative estimate of drug-likeness (QED) is 0.908. The zero-order valence-corrected chi connectivity index (χ0v) is 12.0. The van der Waals surface area contributed by atoms with Crippen LogP contribution in [0.15, 0.2) is 22.7 Å². The molecule has 0 radical (unpaired) electrons. The van der Waals surface area contributed by atoms with Crippen LogP contribution in [0.1, 0.15) is 18.0 Å². The van der Waals surface area contributed by atoms with Gasteiger partial charge < -0.3 is 5.32 Å². The van der Waals surface area contributed by atoms with Crippen LogP contribution in [-0.2, 0) is 0 Å². The van der Waals surface area contributed by atoms with Gasteiger partial charge in [-0.05, 0) is 18.2 Å². The Labute approximate surface area is 119 Å². The number of piperazine rings is 1. The van der Waals surface area contributed by atoms with Crippen molar-refractivity contribution < 1.29 is 13.2 Å². The Morgan fingerprint density at radius 3 is 2.58 bits per heavy atom. The highest BCUT2D eigenvalue weighted by molar-refractivity contribution is 9.10. The lowest BCUT2D eigenvalue weighted by atomic mass is 10.0. The number of halogens is 4. The molecule has 0 amide bonds. The summed E-state index contributed by atoms with van der Waals surface area (Å²) in [6, 6.07) is 3.93. The molecule has 1 atom stereocenters. The van der Waals surface area contributed by atoms with E-state index in [0.29, 0.717) is 23.1 Å². The minimum Gasteiger partial charge on any atom is -0.314 e. The van der Waals surface area contributed by atoms with Gasteiger partial charge in [-0.3, -0.25) is 4.90 Å². The molecule has 19 heavy (non-hydrogen) atoms. The molecule has 1 fully saturated rings. The van der Waals surface area contributed by atoms with Crippen molar-refractivity contribution in [2.45, 2.75) is 18.9 Å². The summed E-state index contributed by atoms with van der Waals surface area (Å²) in [4.78, 5) is 1.92. The van der Waals surface area contributed by atoms with Gasteiger partial charge in [-0.2, -0.15) is 0 Å². The zero-order chi connectivity index (χ0) is 13.8. The van der Waals surface area contributed by atoms with Gasteiger partial charge in [0.15, 0.2) is 0 Å². The van der Waals surface area contributed by atoms with Gasteiger partial charge in [0.05, 0.1) is 0 Å². The standard InChI is InChI=1S/C13H16BrF3N2/c14-9-1-2-11(15)10(7-9)12(8-13(16)17)19-5-3-18-4-6-19/h1-2,7,12-13,18H,3-6,8H2/t12-/m0/s1. The second-order valence-corrected chi connectivity index (χ2v) is 5.51. The molecule has 2 nitrogen and oxygen atoms in total. The lowest BCUT2D eigenvalue weighted by molar-refractivity contribution is 0.0725. The molecular formula is C13H16BrF3N2. The van der Waals surface area contributed by atoms with Crippen molar-refractivity contribution in [3.8, 4) is 0 Å². The van der Waals surface area contributed by atoms with Crippen molar-refractivity contribution in [2.24, 2.45) is 0 Å². The molecule has 1 N–H and O–H groups in total. The second-order valence-electron chi connectivity index (χ2n) is 4.59. The zero-order valence-electron chi connectivity index (χ0n) is 10.4. The molecule has 106 valence electrons. The van der Waals surface area contributed by atoms with E-state index < -0.39 is 18.3 Å². The number of nitrogens with zero attached hydrogens (tertiary/aromatic N) is 1. The summed E-state index contributed by atoms with van der Waals surface area (Å²) in [6.45, 7) is 2.80. The molecule has 0 bridgehead atoms. The van der Waals surface area contributed by atoms with Crippen LogP contribution in [0.5, 0.6) is 0 Å². The maximum absolute atomic E-state index is 13.9. The van der Waals surface area contributed by atoms with Gasteiger partial charge in [-0.25, -0.2) is 13.2 Å². The summed E-state index contributed by atoms with van der Waals surface area (Å²) in [5.74, 6) is -0.424. The van der Waals surface area contributed by atoms with Crippen molar-refractivity contribution in [3.05, 3.63) is 34.1 Å². The van der Waals surface area contributed by atoms with Crippen LogP contribution >= 0.6 is 15.9 Å². The van der Waals surface area contributed by atoms with E-state index in [-0.39, 0.29) is 6.42 Å². The first kappa shape index (κ1) is 14.8. The minimum absolute atomic E-state index is 0.340. The maximum Gasteiger partial charge on any atom is 0.240 e. The lowest BCUT2D eigenvalue weighted by Crippen LogP contribution is -2.45. The van der Waals surface area contributed by atoms with Crippen LogP contribution in [0.4, 0.5) is 13.2 Å². The normalized spacial score (nSPS) is 18.8. The third-order valence-corrected chi connectivity index (χ3v) is 3.80. The highest BCUT2D eigenvalue weighted by Crippen LogP contribution is 2.31. The first-order valence-corrected chi connectivity index (χ1v) is 7.05. The maximum atomic E-state index is 13.9. The fourth-order valence-corrected chi connectivity index (χ4v) is 2.78. The van der Waals surface area contributed by atoms with Gasteiger partial charge in [0.2, 0.25) is 6.43 Å². The summed E-state index contributed by atoms with van der Waals surface area (Å²) >= 11 is 3.27. The molecule has 0 saturated carbocycles. The molecule has 1 saturated heterocycles. The topological polar surface area (TPSA) is 15.3 Å². The number of hydrogen-bond donors (Lipinski definition) is 1. The predicted octanol–water partition coefficient (Wildman–Crippen LogP) is 3.19. The third-order valence-electron chi connectivity index (χ3n) is 3.31. The summed E-state index contributed by atoms with van der Waals surface area (Å²) in [5, 5.41) is 3.17. The summed E-state index contributed by atoms with van der Waals surface area (Å²) in [6.07, 6.45) is -2.79. The molecule has 1 aliphatic heterocycles.